The van der Waals surface area contributed by atoms with Crippen LogP contribution in [0.3, 0.4) is 0 Å². The van der Waals surface area contributed by atoms with Gasteiger partial charge in [-0.25, -0.2) is 0 Å². The molecule has 6 heteroatoms. The van der Waals surface area contributed by atoms with Crippen molar-refractivity contribution in [2.45, 2.75) is 44.4 Å². The van der Waals surface area contributed by atoms with Crippen molar-refractivity contribution >= 4 is 0 Å². The third-order valence-corrected chi connectivity index (χ3v) is 4.28. The minimum atomic E-state index is -1.72. The topological polar surface area (TPSA) is 110 Å². The molecule has 0 aliphatic heterocycles. The van der Waals surface area contributed by atoms with Crippen molar-refractivity contribution in [1.82, 2.24) is 0 Å². The largest absolute Gasteiger partial charge is 0.483 e. The normalized spacial score (nSPS) is 17.2. The Morgan fingerprint density at radius 3 is 1.73 bits per heavy atom. The van der Waals surface area contributed by atoms with Crippen molar-refractivity contribution in [1.29, 1.82) is 0 Å². The molecule has 6 nitrogen and oxygen atoms in total. The van der Waals surface area contributed by atoms with Gasteiger partial charge in [-0.15, -0.1) is 0 Å². The van der Waals surface area contributed by atoms with Gasteiger partial charge in [0.05, 0.1) is 6.61 Å². The summed E-state index contributed by atoms with van der Waals surface area (Å²) in [6.07, 6.45) is -7.51. The monoisotopic (exact) mass is 362 g/mol. The maximum atomic E-state index is 10.6. The van der Waals surface area contributed by atoms with Gasteiger partial charge in [0.2, 0.25) is 0 Å². The number of ether oxygens (including phenoxy) is 1. The van der Waals surface area contributed by atoms with Crippen molar-refractivity contribution in [3.8, 4) is 5.75 Å². The van der Waals surface area contributed by atoms with Crippen LogP contribution in [0.25, 0.3) is 0 Å². The molecule has 2 aromatic rings. The minimum Gasteiger partial charge on any atom is -0.483 e. The fourth-order valence-corrected chi connectivity index (χ4v) is 2.57. The van der Waals surface area contributed by atoms with Crippen LogP contribution in [-0.2, 0) is 0 Å². The second-order valence-corrected chi connectivity index (χ2v) is 6.48. The van der Waals surface area contributed by atoms with Crippen molar-refractivity contribution < 1.29 is 30.3 Å². The molecule has 142 valence electrons. The van der Waals surface area contributed by atoms with Crippen LogP contribution < -0.4 is 4.74 Å². The van der Waals surface area contributed by atoms with E-state index in [4.69, 9.17) is 9.84 Å². The van der Waals surface area contributed by atoms with E-state index in [9.17, 15) is 20.4 Å². The molecule has 0 radical (unpaired) electrons. The molecule has 0 aromatic heterocycles. The molecule has 0 spiro atoms. The Morgan fingerprint density at radius 1 is 0.731 bits per heavy atom. The number of aryl methyl sites for hydroxylation is 2. The van der Waals surface area contributed by atoms with Gasteiger partial charge < -0.3 is 30.3 Å². The molecule has 2 rings (SSSR count). The zero-order chi connectivity index (χ0) is 19.3. The first-order valence-corrected chi connectivity index (χ1v) is 8.46. The van der Waals surface area contributed by atoms with Gasteiger partial charge in [-0.1, -0.05) is 47.5 Å². The third kappa shape index (κ3) is 5.03. The fourth-order valence-electron chi connectivity index (χ4n) is 2.57. The average Bonchev–Trinajstić information content (AvgIpc) is 2.66. The van der Waals surface area contributed by atoms with Crippen LogP contribution >= 0.6 is 0 Å². The molecule has 0 bridgehead atoms. The summed E-state index contributed by atoms with van der Waals surface area (Å²) in [7, 11) is 0. The van der Waals surface area contributed by atoms with Crippen LogP contribution in [0.4, 0.5) is 0 Å². The molecule has 5 unspecified atom stereocenters. The fraction of sp³-hybridized carbons (Fsp3) is 0.400. The highest BCUT2D eigenvalue weighted by atomic mass is 16.5. The van der Waals surface area contributed by atoms with E-state index in [1.165, 1.54) is 0 Å². The summed E-state index contributed by atoms with van der Waals surface area (Å²) in [5, 5.41) is 49.3. The summed E-state index contributed by atoms with van der Waals surface area (Å²) in [5.41, 5.74) is 2.67. The Morgan fingerprint density at radius 2 is 1.23 bits per heavy atom. The van der Waals surface area contributed by atoms with Gasteiger partial charge in [0.25, 0.3) is 0 Å². The molecule has 0 heterocycles. The van der Waals surface area contributed by atoms with Crippen LogP contribution in [0.5, 0.6) is 5.75 Å². The molecule has 5 atom stereocenters. The summed E-state index contributed by atoms with van der Waals surface area (Å²) in [4.78, 5) is 0. The van der Waals surface area contributed by atoms with Crippen molar-refractivity contribution in [2.24, 2.45) is 0 Å². The van der Waals surface area contributed by atoms with E-state index in [2.05, 4.69) is 0 Å². The van der Waals surface area contributed by atoms with Gasteiger partial charge in [0.1, 0.15) is 30.2 Å². The van der Waals surface area contributed by atoms with Crippen LogP contribution in [0, 0.1) is 13.8 Å². The van der Waals surface area contributed by atoms with Gasteiger partial charge in [-0.3, -0.25) is 0 Å². The highest BCUT2D eigenvalue weighted by Gasteiger charge is 2.36. The van der Waals surface area contributed by atoms with Gasteiger partial charge in [-0.2, -0.15) is 0 Å². The highest BCUT2D eigenvalue weighted by molar-refractivity contribution is 5.29. The molecule has 0 saturated heterocycles. The Labute approximate surface area is 152 Å². The summed E-state index contributed by atoms with van der Waals surface area (Å²) in [6.45, 7) is 3.12. The van der Waals surface area contributed by atoms with E-state index in [-0.39, 0.29) is 0 Å². The zero-order valence-electron chi connectivity index (χ0n) is 14.9. The molecule has 2 aromatic carbocycles. The van der Waals surface area contributed by atoms with Gasteiger partial charge in [0, 0.05) is 0 Å². The van der Waals surface area contributed by atoms with E-state index in [1.807, 2.05) is 38.1 Å². The van der Waals surface area contributed by atoms with Crippen LogP contribution in [-0.4, -0.2) is 56.6 Å². The molecule has 0 amide bonds. The predicted octanol–water partition coefficient (Wildman–Crippen LogP) is 0.859. The summed E-state index contributed by atoms with van der Waals surface area (Å²) in [6, 6.07) is 14.4. The number of hydrogen-bond acceptors (Lipinski definition) is 6. The quantitative estimate of drug-likeness (QED) is 0.476. The Bertz CT molecular complexity index is 670. The first kappa shape index (κ1) is 20.4. The van der Waals surface area contributed by atoms with Gasteiger partial charge in [0.15, 0.2) is 6.10 Å². The van der Waals surface area contributed by atoms with E-state index < -0.39 is 37.1 Å². The Balaban J connectivity index is 2.29. The standard InChI is InChI=1S/C20H26O6/c1-12-3-7-14(8-4-12)20(26-15-9-5-13(2)6-10-15)19(25)18(24)17(23)16(22)11-21/h3-10,16-25H,11H2,1-2H3. The second kappa shape index (κ2) is 9.12. The van der Waals surface area contributed by atoms with Crippen LogP contribution in [0.15, 0.2) is 48.5 Å². The first-order valence-electron chi connectivity index (χ1n) is 8.46. The highest BCUT2D eigenvalue weighted by Crippen LogP contribution is 2.28. The zero-order valence-corrected chi connectivity index (χ0v) is 14.9. The molecule has 26 heavy (non-hydrogen) atoms. The molecule has 5 N–H and O–H groups in total. The maximum absolute atomic E-state index is 10.6. The van der Waals surface area contributed by atoms with Crippen molar-refractivity contribution in [3.63, 3.8) is 0 Å². The third-order valence-electron chi connectivity index (χ3n) is 4.28. The number of hydrogen-bond donors (Lipinski definition) is 5. The number of rotatable bonds is 8. The number of aliphatic hydroxyl groups is 5. The molecule has 0 saturated carbocycles. The lowest BCUT2D eigenvalue weighted by Crippen LogP contribution is -2.48. The van der Waals surface area contributed by atoms with Crippen molar-refractivity contribution in [3.05, 3.63) is 65.2 Å². The van der Waals surface area contributed by atoms with E-state index in [1.54, 1.807) is 24.3 Å². The van der Waals surface area contributed by atoms with Gasteiger partial charge >= 0.3 is 0 Å². The molecular formula is C20H26O6. The molecule has 0 fully saturated rings. The summed E-state index contributed by atoms with van der Waals surface area (Å²) in [5.74, 6) is 0.490. The number of aliphatic hydroxyl groups excluding tert-OH is 5. The smallest absolute Gasteiger partial charge is 0.152 e. The summed E-state index contributed by atoms with van der Waals surface area (Å²) < 4.78 is 5.88. The molecule has 0 aliphatic rings. The van der Waals surface area contributed by atoms with E-state index >= 15 is 0 Å². The van der Waals surface area contributed by atoms with Crippen LogP contribution in [0.2, 0.25) is 0 Å². The first-order chi connectivity index (χ1) is 12.3. The lowest BCUT2D eigenvalue weighted by molar-refractivity contribution is -0.137. The predicted molar refractivity (Wildman–Crippen MR) is 96.8 cm³/mol. The summed E-state index contributed by atoms with van der Waals surface area (Å²) >= 11 is 0. The lowest BCUT2D eigenvalue weighted by Gasteiger charge is -2.31. The van der Waals surface area contributed by atoms with Gasteiger partial charge in [-0.05, 0) is 31.5 Å². The van der Waals surface area contributed by atoms with Crippen molar-refractivity contribution in [2.75, 3.05) is 6.61 Å². The molecular weight excluding hydrogens is 336 g/mol. The second-order valence-electron chi connectivity index (χ2n) is 6.48. The van der Waals surface area contributed by atoms with E-state index in [0.29, 0.717) is 11.3 Å². The Hall–Kier alpha value is -1.96. The van der Waals surface area contributed by atoms with E-state index in [0.717, 1.165) is 11.1 Å². The minimum absolute atomic E-state index is 0.490. The maximum Gasteiger partial charge on any atom is 0.152 e. The lowest BCUT2D eigenvalue weighted by atomic mass is 9.94. The molecule has 0 aliphatic carbocycles. The SMILES string of the molecule is Cc1ccc(OC(c2ccc(C)cc2)C(O)C(O)C(O)C(O)CO)cc1. The average molecular weight is 362 g/mol. The number of benzene rings is 2. The Kier molecular flexibility index (Phi) is 7.14. The van der Waals surface area contributed by atoms with Crippen LogP contribution in [0.1, 0.15) is 22.8 Å².